The number of aliphatic imine (C=N–C) groups is 1. The van der Waals surface area contributed by atoms with Gasteiger partial charge in [0.25, 0.3) is 0 Å². The van der Waals surface area contributed by atoms with Gasteiger partial charge in [-0.15, -0.1) is 0 Å². The molecule has 0 saturated carbocycles. The lowest BCUT2D eigenvalue weighted by molar-refractivity contribution is -0.146. The molecule has 162 valence electrons. The van der Waals surface area contributed by atoms with Gasteiger partial charge in [-0.2, -0.15) is 0 Å². The molecule has 1 unspecified atom stereocenters. The summed E-state index contributed by atoms with van der Waals surface area (Å²) in [5, 5.41) is 0. The standard InChI is InChI=1S/C25H33NO4/c1-6-8-13-30-24(28)21-16(3)26-18-14-25(4,5)15-19(27)23(18)22(21)17-11-9-10-12-20(17)29-7-2/h9-12,21-22H,6-8,13-15H2,1-5H3/t21?,22-/m0/s1. The van der Waals surface area contributed by atoms with Gasteiger partial charge in [-0.05, 0) is 38.2 Å². The monoisotopic (exact) mass is 411 g/mol. The number of Topliss-reactive ketones (excluding diaryl/α,β-unsaturated/α-hetero) is 1. The van der Waals surface area contributed by atoms with E-state index >= 15 is 0 Å². The Morgan fingerprint density at radius 2 is 1.93 bits per heavy atom. The lowest BCUT2D eigenvalue weighted by atomic mass is 9.66. The minimum atomic E-state index is -0.618. The SMILES string of the molecule is CCCCOC(=O)C1C(C)=NC2=C(C(=O)CC(C)(C)C2)[C@H]1c1ccccc1OCC. The Balaban J connectivity index is 2.12. The summed E-state index contributed by atoms with van der Waals surface area (Å²) in [4.78, 5) is 31.2. The molecule has 2 atom stereocenters. The van der Waals surface area contributed by atoms with Crippen LogP contribution in [0, 0.1) is 11.3 Å². The molecule has 5 heteroatoms. The fourth-order valence-corrected chi connectivity index (χ4v) is 4.52. The van der Waals surface area contributed by atoms with Crippen molar-refractivity contribution >= 4 is 17.5 Å². The van der Waals surface area contributed by atoms with Gasteiger partial charge in [-0.3, -0.25) is 14.6 Å². The molecule has 1 heterocycles. The summed E-state index contributed by atoms with van der Waals surface area (Å²) >= 11 is 0. The minimum absolute atomic E-state index is 0.0696. The van der Waals surface area contributed by atoms with Gasteiger partial charge in [-0.1, -0.05) is 45.4 Å². The van der Waals surface area contributed by atoms with Crippen molar-refractivity contribution in [2.24, 2.45) is 16.3 Å². The van der Waals surface area contributed by atoms with Crippen molar-refractivity contribution in [3.05, 3.63) is 41.1 Å². The predicted octanol–water partition coefficient (Wildman–Crippen LogP) is 5.25. The first-order chi connectivity index (χ1) is 14.3. The lowest BCUT2D eigenvalue weighted by Crippen LogP contribution is -2.39. The maximum Gasteiger partial charge on any atom is 0.315 e. The maximum absolute atomic E-state index is 13.3. The molecule has 0 spiro atoms. The zero-order chi connectivity index (χ0) is 21.9. The van der Waals surface area contributed by atoms with Gasteiger partial charge in [0.1, 0.15) is 11.7 Å². The van der Waals surface area contributed by atoms with Gasteiger partial charge in [0.2, 0.25) is 0 Å². The Morgan fingerprint density at radius 3 is 2.63 bits per heavy atom. The van der Waals surface area contributed by atoms with Crippen LogP contribution in [-0.4, -0.2) is 30.7 Å². The first-order valence-corrected chi connectivity index (χ1v) is 11.0. The largest absolute Gasteiger partial charge is 0.494 e. The van der Waals surface area contributed by atoms with Crippen LogP contribution in [-0.2, 0) is 14.3 Å². The average Bonchev–Trinajstić information content (AvgIpc) is 2.66. The third-order valence-corrected chi connectivity index (χ3v) is 5.85. The summed E-state index contributed by atoms with van der Waals surface area (Å²) in [6, 6.07) is 7.69. The molecular weight excluding hydrogens is 378 g/mol. The Kier molecular flexibility index (Phi) is 6.79. The molecule has 0 bridgehead atoms. The Labute approximate surface area is 179 Å². The van der Waals surface area contributed by atoms with Crippen molar-refractivity contribution in [3.8, 4) is 5.75 Å². The third-order valence-electron chi connectivity index (χ3n) is 5.85. The topological polar surface area (TPSA) is 65.0 Å². The van der Waals surface area contributed by atoms with E-state index in [9.17, 15) is 9.59 Å². The van der Waals surface area contributed by atoms with E-state index in [2.05, 4.69) is 20.8 Å². The van der Waals surface area contributed by atoms with Crippen LogP contribution in [0.5, 0.6) is 5.75 Å². The molecule has 0 aromatic heterocycles. The molecule has 2 aliphatic rings. The molecule has 1 aromatic rings. The zero-order valence-electron chi connectivity index (χ0n) is 18.8. The molecule has 0 saturated heterocycles. The van der Waals surface area contributed by atoms with Crippen LogP contribution >= 0.6 is 0 Å². The smallest absolute Gasteiger partial charge is 0.315 e. The van der Waals surface area contributed by atoms with Gasteiger partial charge in [0.05, 0.1) is 13.2 Å². The summed E-state index contributed by atoms with van der Waals surface area (Å²) in [7, 11) is 0. The molecule has 0 N–H and O–H groups in total. The number of ether oxygens (including phenoxy) is 2. The Bertz CT molecular complexity index is 881. The molecule has 5 nitrogen and oxygen atoms in total. The van der Waals surface area contributed by atoms with Gasteiger partial charge < -0.3 is 9.47 Å². The molecule has 1 aliphatic heterocycles. The number of rotatable bonds is 7. The summed E-state index contributed by atoms with van der Waals surface area (Å²) in [5.74, 6) is -0.591. The summed E-state index contributed by atoms with van der Waals surface area (Å²) < 4.78 is 11.5. The third kappa shape index (κ3) is 4.50. The number of ketones is 1. The number of hydrogen-bond donors (Lipinski definition) is 0. The van der Waals surface area contributed by atoms with Crippen LogP contribution in [0.2, 0.25) is 0 Å². The number of hydrogen-bond acceptors (Lipinski definition) is 5. The highest BCUT2D eigenvalue weighted by molar-refractivity contribution is 6.09. The summed E-state index contributed by atoms with van der Waals surface area (Å²) in [5.41, 5.74) is 2.88. The average molecular weight is 412 g/mol. The van der Waals surface area contributed by atoms with Crippen LogP contribution in [0.15, 0.2) is 40.5 Å². The van der Waals surface area contributed by atoms with Crippen LogP contribution in [0.25, 0.3) is 0 Å². The second-order valence-electron chi connectivity index (χ2n) is 9.00. The van der Waals surface area contributed by atoms with Crippen molar-refractivity contribution < 1.29 is 19.1 Å². The second-order valence-corrected chi connectivity index (χ2v) is 9.00. The zero-order valence-corrected chi connectivity index (χ0v) is 18.8. The van der Waals surface area contributed by atoms with Gasteiger partial charge in [0.15, 0.2) is 5.78 Å². The van der Waals surface area contributed by atoms with E-state index in [4.69, 9.17) is 14.5 Å². The molecule has 0 amide bonds. The van der Waals surface area contributed by atoms with Crippen LogP contribution in [0.1, 0.15) is 71.8 Å². The van der Waals surface area contributed by atoms with E-state index in [1.165, 1.54) is 0 Å². The second kappa shape index (κ2) is 9.15. The van der Waals surface area contributed by atoms with E-state index in [1.807, 2.05) is 38.1 Å². The van der Waals surface area contributed by atoms with E-state index in [1.54, 1.807) is 0 Å². The number of carbonyl (C=O) groups excluding carboxylic acids is 2. The van der Waals surface area contributed by atoms with Crippen LogP contribution < -0.4 is 4.74 Å². The first-order valence-electron chi connectivity index (χ1n) is 11.0. The van der Waals surface area contributed by atoms with E-state index in [-0.39, 0.29) is 17.2 Å². The van der Waals surface area contributed by atoms with Gasteiger partial charge >= 0.3 is 5.97 Å². The quantitative estimate of drug-likeness (QED) is 0.454. The molecule has 1 aliphatic carbocycles. The highest BCUT2D eigenvalue weighted by Crippen LogP contribution is 2.49. The van der Waals surface area contributed by atoms with E-state index in [0.717, 1.165) is 30.5 Å². The predicted molar refractivity (Wildman–Crippen MR) is 118 cm³/mol. The van der Waals surface area contributed by atoms with Gasteiger partial charge in [0, 0.05) is 34.9 Å². The van der Waals surface area contributed by atoms with Crippen molar-refractivity contribution in [2.45, 2.75) is 66.2 Å². The van der Waals surface area contributed by atoms with Gasteiger partial charge in [-0.25, -0.2) is 0 Å². The summed E-state index contributed by atoms with van der Waals surface area (Å²) in [6.07, 6.45) is 2.93. The number of allylic oxidation sites excluding steroid dienone is 2. The molecule has 0 radical (unpaired) electrons. The van der Waals surface area contributed by atoms with Crippen LogP contribution in [0.3, 0.4) is 0 Å². The van der Waals surface area contributed by atoms with Crippen LogP contribution in [0.4, 0.5) is 0 Å². The van der Waals surface area contributed by atoms with Crippen molar-refractivity contribution in [1.29, 1.82) is 0 Å². The number of carbonyl (C=O) groups is 2. The van der Waals surface area contributed by atoms with E-state index in [0.29, 0.717) is 36.7 Å². The number of nitrogens with zero attached hydrogens (tertiary/aromatic N) is 1. The minimum Gasteiger partial charge on any atom is -0.494 e. The number of esters is 1. The first kappa shape index (κ1) is 22.3. The lowest BCUT2D eigenvalue weighted by Gasteiger charge is -2.39. The fourth-order valence-electron chi connectivity index (χ4n) is 4.52. The Hall–Kier alpha value is -2.43. The van der Waals surface area contributed by atoms with Crippen molar-refractivity contribution in [3.63, 3.8) is 0 Å². The molecule has 30 heavy (non-hydrogen) atoms. The van der Waals surface area contributed by atoms with Crippen molar-refractivity contribution in [2.75, 3.05) is 13.2 Å². The summed E-state index contributed by atoms with van der Waals surface area (Å²) in [6.45, 7) is 10.9. The van der Waals surface area contributed by atoms with Crippen molar-refractivity contribution in [1.82, 2.24) is 0 Å². The Morgan fingerprint density at radius 1 is 1.20 bits per heavy atom. The normalized spacial score (nSPS) is 23.0. The number of unbranched alkanes of at least 4 members (excludes halogenated alkanes) is 1. The number of para-hydroxylation sites is 1. The molecule has 3 rings (SSSR count). The maximum atomic E-state index is 13.3. The molecular formula is C25H33NO4. The van der Waals surface area contributed by atoms with E-state index < -0.39 is 11.8 Å². The molecule has 0 fully saturated rings. The highest BCUT2D eigenvalue weighted by Gasteiger charge is 2.46. The molecule has 1 aromatic carbocycles. The highest BCUT2D eigenvalue weighted by atomic mass is 16.5. The fraction of sp³-hybridized carbons (Fsp3) is 0.560. The number of benzene rings is 1.